The first-order chi connectivity index (χ1) is 14.3. The minimum atomic E-state index is 0.217. The van der Waals surface area contributed by atoms with E-state index in [1.54, 1.807) is 0 Å². The molecule has 3 nitrogen and oxygen atoms in total. The lowest BCUT2D eigenvalue weighted by atomic mass is 9.47. The summed E-state index contributed by atoms with van der Waals surface area (Å²) in [6.45, 7) is 11.9. The van der Waals surface area contributed by atoms with Gasteiger partial charge in [0.2, 0.25) is 5.91 Å². The van der Waals surface area contributed by atoms with Gasteiger partial charge in [0.25, 0.3) is 0 Å². The molecule has 0 spiro atoms. The van der Waals surface area contributed by atoms with Gasteiger partial charge in [-0.25, -0.2) is 0 Å². The lowest BCUT2D eigenvalue weighted by Gasteiger charge is -2.57. The van der Waals surface area contributed by atoms with Gasteiger partial charge in [0.05, 0.1) is 0 Å². The molecule has 0 radical (unpaired) electrons. The van der Waals surface area contributed by atoms with E-state index in [9.17, 15) is 9.59 Å². The maximum atomic E-state index is 12.3. The summed E-state index contributed by atoms with van der Waals surface area (Å²) < 4.78 is 0. The minimum Gasteiger partial charge on any atom is -0.313 e. The first kappa shape index (κ1) is 20.3. The van der Waals surface area contributed by atoms with Crippen molar-refractivity contribution in [3.8, 4) is 0 Å². The van der Waals surface area contributed by atoms with Gasteiger partial charge in [-0.2, -0.15) is 0 Å². The smallest absolute Gasteiger partial charge is 0.227 e. The van der Waals surface area contributed by atoms with Crippen molar-refractivity contribution < 1.29 is 9.59 Å². The first-order valence-corrected chi connectivity index (χ1v) is 12.2. The van der Waals surface area contributed by atoms with E-state index in [4.69, 9.17) is 0 Å². The second-order valence-corrected chi connectivity index (χ2v) is 11.2. The van der Waals surface area contributed by atoms with Crippen molar-refractivity contribution in [2.24, 2.45) is 34.5 Å². The van der Waals surface area contributed by atoms with Crippen LogP contribution in [-0.4, -0.2) is 23.1 Å². The Bertz CT molecular complexity index is 866. The average molecular weight is 408 g/mol. The molecule has 2 saturated carbocycles. The highest BCUT2D eigenvalue weighted by Gasteiger charge is 2.59. The molecule has 3 fully saturated rings. The zero-order valence-electron chi connectivity index (χ0n) is 19.0. The number of carbonyl (C=O) groups is 2. The fourth-order valence-electron chi connectivity index (χ4n) is 8.33. The van der Waals surface area contributed by atoms with E-state index >= 15 is 0 Å². The zero-order valence-corrected chi connectivity index (χ0v) is 19.0. The van der Waals surface area contributed by atoms with E-state index in [1.165, 1.54) is 30.4 Å². The number of ketones is 1. The van der Waals surface area contributed by atoms with Crippen molar-refractivity contribution >= 4 is 11.7 Å². The molecule has 0 aromatic heterocycles. The van der Waals surface area contributed by atoms with Gasteiger partial charge in [-0.3, -0.25) is 9.59 Å². The number of fused-ring (bicyclic) bond motifs is 5. The lowest BCUT2D eigenvalue weighted by Crippen LogP contribution is -2.49. The monoisotopic (exact) mass is 407 g/mol. The summed E-state index contributed by atoms with van der Waals surface area (Å²) in [6, 6.07) is 0. The zero-order chi connectivity index (χ0) is 21.3. The summed E-state index contributed by atoms with van der Waals surface area (Å²) in [6.07, 6.45) is 14.6. The van der Waals surface area contributed by atoms with E-state index in [0.717, 1.165) is 56.2 Å². The molecule has 0 bridgehead atoms. The second kappa shape index (κ2) is 6.93. The van der Waals surface area contributed by atoms with Crippen LogP contribution >= 0.6 is 0 Å². The maximum Gasteiger partial charge on any atom is 0.227 e. The SMILES string of the molecule is C=C(C1=CC2=CC[C@@H]3[C@H](CC[C@]4(C)C(C(C)=O)CC[C@@H]34)[C@@]2(C)CC1)N1CCCC1=O. The summed E-state index contributed by atoms with van der Waals surface area (Å²) in [7, 11) is 0. The van der Waals surface area contributed by atoms with Gasteiger partial charge in [0, 0.05) is 24.6 Å². The molecule has 3 heteroatoms. The number of Topliss-reactive ketones (excluding diaryl/α,β-unsaturated/α-hetero) is 1. The van der Waals surface area contributed by atoms with Crippen LogP contribution in [0.2, 0.25) is 0 Å². The molecular weight excluding hydrogens is 370 g/mol. The number of hydrogen-bond donors (Lipinski definition) is 0. The number of rotatable bonds is 3. The molecule has 162 valence electrons. The minimum absolute atomic E-state index is 0.217. The first-order valence-electron chi connectivity index (χ1n) is 12.2. The maximum absolute atomic E-state index is 12.3. The third kappa shape index (κ3) is 2.76. The summed E-state index contributed by atoms with van der Waals surface area (Å²) in [5, 5.41) is 0. The topological polar surface area (TPSA) is 37.4 Å². The van der Waals surface area contributed by atoms with Crippen LogP contribution in [0.1, 0.15) is 78.6 Å². The number of likely N-dealkylation sites (tertiary alicyclic amines) is 1. The highest BCUT2D eigenvalue weighted by Crippen LogP contribution is 2.66. The number of carbonyl (C=O) groups excluding carboxylic acids is 2. The van der Waals surface area contributed by atoms with Gasteiger partial charge in [-0.05, 0) is 98.0 Å². The number of hydrogen-bond acceptors (Lipinski definition) is 2. The van der Waals surface area contributed by atoms with E-state index in [2.05, 4.69) is 32.6 Å². The molecule has 1 heterocycles. The van der Waals surface area contributed by atoms with Gasteiger partial charge >= 0.3 is 0 Å². The standard InChI is InChI=1S/C27H37NO2/c1-17(28-15-5-6-25(28)30)19-11-13-26(3)20(16-19)7-8-21-23-10-9-22(18(2)29)27(23,4)14-12-24(21)26/h7,16,21-24H,1,5-6,8-15H2,2-4H3/t21-,22?,23-,24-,26-,27+/m0/s1. The molecule has 5 rings (SSSR count). The number of nitrogens with zero attached hydrogens (tertiary/aromatic N) is 1. The van der Waals surface area contributed by atoms with Crippen molar-refractivity contribution in [3.63, 3.8) is 0 Å². The van der Waals surface area contributed by atoms with Crippen LogP contribution in [0.5, 0.6) is 0 Å². The average Bonchev–Trinajstić information content (AvgIpc) is 3.29. The third-order valence-electron chi connectivity index (χ3n) is 10.0. The second-order valence-electron chi connectivity index (χ2n) is 11.2. The van der Waals surface area contributed by atoms with Crippen molar-refractivity contribution in [1.82, 2.24) is 4.90 Å². The van der Waals surface area contributed by atoms with E-state index in [-0.39, 0.29) is 22.7 Å². The van der Waals surface area contributed by atoms with Crippen LogP contribution in [0.4, 0.5) is 0 Å². The van der Waals surface area contributed by atoms with E-state index < -0.39 is 0 Å². The fourth-order valence-corrected chi connectivity index (χ4v) is 8.33. The molecule has 1 saturated heterocycles. The Kier molecular flexibility index (Phi) is 4.69. The molecular formula is C27H37NO2. The molecule has 30 heavy (non-hydrogen) atoms. The number of amides is 1. The van der Waals surface area contributed by atoms with E-state index in [1.807, 2.05) is 11.8 Å². The number of allylic oxidation sites excluding steroid dienone is 4. The molecule has 6 atom stereocenters. The Morgan fingerprint density at radius 1 is 1.13 bits per heavy atom. The molecule has 5 aliphatic rings. The van der Waals surface area contributed by atoms with Gasteiger partial charge < -0.3 is 4.90 Å². The van der Waals surface area contributed by atoms with Crippen LogP contribution in [0.25, 0.3) is 0 Å². The van der Waals surface area contributed by atoms with Crippen molar-refractivity contribution in [3.05, 3.63) is 35.6 Å². The predicted octanol–water partition coefficient (Wildman–Crippen LogP) is 5.83. The molecule has 1 aliphatic heterocycles. The van der Waals surface area contributed by atoms with Crippen LogP contribution < -0.4 is 0 Å². The van der Waals surface area contributed by atoms with Gasteiger partial charge in [-0.15, -0.1) is 0 Å². The van der Waals surface area contributed by atoms with Crippen LogP contribution in [-0.2, 0) is 9.59 Å². The molecule has 1 unspecified atom stereocenters. The predicted molar refractivity (Wildman–Crippen MR) is 119 cm³/mol. The summed E-state index contributed by atoms with van der Waals surface area (Å²) in [4.78, 5) is 26.4. The third-order valence-corrected chi connectivity index (χ3v) is 10.0. The summed E-state index contributed by atoms with van der Waals surface area (Å²) >= 11 is 0. The van der Waals surface area contributed by atoms with Crippen molar-refractivity contribution in [2.75, 3.05) is 6.54 Å². The van der Waals surface area contributed by atoms with Crippen LogP contribution in [0, 0.1) is 34.5 Å². The van der Waals surface area contributed by atoms with Gasteiger partial charge in [-0.1, -0.05) is 32.6 Å². The largest absolute Gasteiger partial charge is 0.313 e. The Hall–Kier alpha value is -1.64. The quantitative estimate of drug-likeness (QED) is 0.590. The van der Waals surface area contributed by atoms with Crippen molar-refractivity contribution in [1.29, 1.82) is 0 Å². The van der Waals surface area contributed by atoms with Crippen molar-refractivity contribution in [2.45, 2.75) is 78.6 Å². The highest BCUT2D eigenvalue weighted by molar-refractivity contribution is 5.81. The van der Waals surface area contributed by atoms with E-state index in [0.29, 0.717) is 18.1 Å². The summed E-state index contributed by atoms with van der Waals surface area (Å²) in [5.41, 5.74) is 4.15. The Morgan fingerprint density at radius 2 is 1.93 bits per heavy atom. The van der Waals surface area contributed by atoms with Crippen LogP contribution in [0.15, 0.2) is 35.6 Å². The molecule has 0 aromatic carbocycles. The Labute approximate surface area is 181 Å². The van der Waals surface area contributed by atoms with Gasteiger partial charge in [0.15, 0.2) is 0 Å². The molecule has 0 N–H and O–H groups in total. The molecule has 1 amide bonds. The summed E-state index contributed by atoms with van der Waals surface area (Å²) in [5.74, 6) is 3.07. The molecule has 4 aliphatic carbocycles. The van der Waals surface area contributed by atoms with Crippen LogP contribution in [0.3, 0.4) is 0 Å². The normalized spacial score (nSPS) is 42.8. The Balaban J connectivity index is 1.42. The fraction of sp³-hybridized carbons (Fsp3) is 0.704. The Morgan fingerprint density at radius 3 is 2.63 bits per heavy atom. The molecule has 0 aromatic rings. The highest BCUT2D eigenvalue weighted by atomic mass is 16.2. The lowest BCUT2D eigenvalue weighted by molar-refractivity contribution is -0.127. The van der Waals surface area contributed by atoms with Gasteiger partial charge in [0.1, 0.15) is 5.78 Å².